The lowest BCUT2D eigenvalue weighted by atomic mass is 9.89. The summed E-state index contributed by atoms with van der Waals surface area (Å²) in [6.45, 7) is 9.30. The first-order chi connectivity index (χ1) is 14.5. The van der Waals surface area contributed by atoms with Crippen LogP contribution in [0.5, 0.6) is 0 Å². The number of hydrogen-bond acceptors (Lipinski definition) is 10. The van der Waals surface area contributed by atoms with Gasteiger partial charge in [0.2, 0.25) is 22.1 Å². The Morgan fingerprint density at radius 3 is 1.87 bits per heavy atom. The van der Waals surface area contributed by atoms with Gasteiger partial charge < -0.3 is 11.5 Å². The van der Waals surface area contributed by atoms with Crippen molar-refractivity contribution in [2.45, 2.75) is 71.9 Å². The van der Waals surface area contributed by atoms with Gasteiger partial charge in [0.05, 0.1) is 11.6 Å². The average Bonchev–Trinajstić information content (AvgIpc) is 3.33. The van der Waals surface area contributed by atoms with Gasteiger partial charge in [0.1, 0.15) is 10.0 Å². The van der Waals surface area contributed by atoms with E-state index < -0.39 is 11.6 Å². The smallest absolute Gasteiger partial charge is 0.246 e. The molecule has 2 unspecified atom stereocenters. The lowest BCUT2D eigenvalue weighted by Crippen LogP contribution is -2.52. The fourth-order valence-electron chi connectivity index (χ4n) is 2.35. The van der Waals surface area contributed by atoms with Crippen molar-refractivity contribution in [2.75, 3.05) is 10.6 Å². The Hall–Kier alpha value is -2.02. The first-order valence-electron chi connectivity index (χ1n) is 10.3. The van der Waals surface area contributed by atoms with Crippen LogP contribution in [-0.2, 0) is 22.4 Å². The van der Waals surface area contributed by atoms with E-state index in [-0.39, 0.29) is 23.7 Å². The minimum atomic E-state index is -0.967. The normalized spacial score (nSPS) is 14.5. The number of aromatic nitrogens is 4. The molecule has 0 aliphatic carbocycles. The Kier molecular flexibility index (Phi) is 8.98. The molecule has 2 amide bonds. The van der Waals surface area contributed by atoms with Gasteiger partial charge in [-0.15, -0.1) is 20.4 Å². The van der Waals surface area contributed by atoms with Crippen molar-refractivity contribution >= 4 is 44.8 Å². The summed E-state index contributed by atoms with van der Waals surface area (Å²) in [5.74, 6) is -0.462. The summed E-state index contributed by atoms with van der Waals surface area (Å²) in [6.07, 6.45) is 3.29. The third-order valence-electron chi connectivity index (χ3n) is 5.13. The van der Waals surface area contributed by atoms with Crippen molar-refractivity contribution < 1.29 is 9.59 Å². The highest BCUT2D eigenvalue weighted by molar-refractivity contribution is 7.15. The number of unbranched alkanes of at least 4 members (excludes halogenated alkanes) is 1. The standard InChI is InChI=1S/C19H32N8O2S2/c1-10(2)14(20)15(28)22-17-26-24-12(30-17)8-6-7-9-13-25-27-18(31-13)23-16(29)19(5,21)11(3)4/h10-11,14H,6-9,20-21H2,1-5H3,(H,22,26,28)(H,23,27,29). The van der Waals surface area contributed by atoms with E-state index in [1.807, 2.05) is 27.7 Å². The van der Waals surface area contributed by atoms with Gasteiger partial charge in [0, 0.05) is 12.8 Å². The molecule has 0 spiro atoms. The molecule has 0 bridgehead atoms. The van der Waals surface area contributed by atoms with E-state index in [9.17, 15) is 9.59 Å². The zero-order chi connectivity index (χ0) is 23.2. The second kappa shape index (κ2) is 11.0. The van der Waals surface area contributed by atoms with E-state index in [0.717, 1.165) is 35.7 Å². The monoisotopic (exact) mass is 468 g/mol. The quantitative estimate of drug-likeness (QED) is 0.365. The molecule has 2 rings (SSSR count). The zero-order valence-corrected chi connectivity index (χ0v) is 20.3. The number of carbonyl (C=O) groups is 2. The molecule has 2 heterocycles. The van der Waals surface area contributed by atoms with Crippen LogP contribution in [0.3, 0.4) is 0 Å². The van der Waals surface area contributed by atoms with Gasteiger partial charge in [0.25, 0.3) is 0 Å². The van der Waals surface area contributed by atoms with Gasteiger partial charge in [0.15, 0.2) is 0 Å². The SMILES string of the molecule is CC(C)C(N)C(=O)Nc1nnc(CCCCc2nnc(NC(=O)C(C)(N)C(C)C)s2)s1. The van der Waals surface area contributed by atoms with E-state index in [2.05, 4.69) is 31.0 Å². The first-order valence-corrected chi connectivity index (χ1v) is 12.0. The van der Waals surface area contributed by atoms with Crippen LogP contribution in [0, 0.1) is 11.8 Å². The number of aryl methyl sites for hydroxylation is 2. The van der Waals surface area contributed by atoms with Crippen LogP contribution in [0.25, 0.3) is 0 Å². The molecule has 0 aliphatic heterocycles. The van der Waals surface area contributed by atoms with Gasteiger partial charge in [-0.1, -0.05) is 50.4 Å². The van der Waals surface area contributed by atoms with E-state index in [1.165, 1.54) is 22.7 Å². The van der Waals surface area contributed by atoms with E-state index in [0.29, 0.717) is 10.3 Å². The third kappa shape index (κ3) is 7.27. The number of carbonyl (C=O) groups excluding carboxylic acids is 2. The number of nitrogens with one attached hydrogen (secondary N) is 2. The van der Waals surface area contributed by atoms with Crippen LogP contribution >= 0.6 is 22.7 Å². The molecule has 0 saturated carbocycles. The minimum absolute atomic E-state index is 0.000943. The van der Waals surface area contributed by atoms with Crippen molar-refractivity contribution in [1.82, 2.24) is 20.4 Å². The summed E-state index contributed by atoms with van der Waals surface area (Å²) < 4.78 is 0. The Labute approximate surface area is 190 Å². The van der Waals surface area contributed by atoms with Crippen molar-refractivity contribution in [1.29, 1.82) is 0 Å². The predicted octanol–water partition coefficient (Wildman–Crippen LogP) is 2.19. The highest BCUT2D eigenvalue weighted by Crippen LogP contribution is 2.22. The van der Waals surface area contributed by atoms with E-state index >= 15 is 0 Å². The maximum atomic E-state index is 12.3. The molecule has 0 radical (unpaired) electrons. The highest BCUT2D eigenvalue weighted by atomic mass is 32.1. The molecular weight excluding hydrogens is 436 g/mol. The number of anilines is 2. The molecule has 0 aromatic carbocycles. The summed E-state index contributed by atoms with van der Waals surface area (Å²) in [4.78, 5) is 24.3. The number of nitrogens with zero attached hydrogens (tertiary/aromatic N) is 4. The van der Waals surface area contributed by atoms with Crippen LogP contribution in [0.4, 0.5) is 10.3 Å². The molecule has 0 saturated heterocycles. The highest BCUT2D eigenvalue weighted by Gasteiger charge is 2.32. The lowest BCUT2D eigenvalue weighted by molar-refractivity contribution is -0.122. The number of hydrogen-bond donors (Lipinski definition) is 4. The molecule has 172 valence electrons. The molecule has 12 heteroatoms. The summed E-state index contributed by atoms with van der Waals surface area (Å²) in [6, 6.07) is -0.571. The van der Waals surface area contributed by atoms with Crippen LogP contribution < -0.4 is 22.1 Å². The fraction of sp³-hybridized carbons (Fsp3) is 0.684. The minimum Gasteiger partial charge on any atom is -0.320 e. The molecule has 0 aliphatic rings. The van der Waals surface area contributed by atoms with Gasteiger partial charge in [-0.05, 0) is 31.6 Å². The predicted molar refractivity (Wildman–Crippen MR) is 124 cm³/mol. The molecule has 2 aromatic heterocycles. The molecule has 2 atom stereocenters. The molecule has 2 aromatic rings. The van der Waals surface area contributed by atoms with Crippen molar-refractivity contribution in [3.8, 4) is 0 Å². The molecule has 31 heavy (non-hydrogen) atoms. The first kappa shape index (κ1) is 25.2. The molecule has 0 fully saturated rings. The van der Waals surface area contributed by atoms with Crippen LogP contribution in [-0.4, -0.2) is 43.8 Å². The van der Waals surface area contributed by atoms with Crippen molar-refractivity contribution in [3.05, 3.63) is 10.0 Å². The van der Waals surface area contributed by atoms with Gasteiger partial charge >= 0.3 is 0 Å². The summed E-state index contributed by atoms with van der Waals surface area (Å²) in [5.41, 5.74) is 10.9. The Morgan fingerprint density at radius 2 is 1.42 bits per heavy atom. The van der Waals surface area contributed by atoms with E-state index in [1.54, 1.807) is 6.92 Å². The van der Waals surface area contributed by atoms with Crippen molar-refractivity contribution in [3.63, 3.8) is 0 Å². The van der Waals surface area contributed by atoms with Gasteiger partial charge in [-0.2, -0.15) is 0 Å². The average molecular weight is 469 g/mol. The number of nitrogens with two attached hydrogens (primary N) is 2. The molecular formula is C19H32N8O2S2. The van der Waals surface area contributed by atoms with Crippen molar-refractivity contribution in [2.24, 2.45) is 23.3 Å². The fourth-order valence-corrected chi connectivity index (χ4v) is 3.91. The summed E-state index contributed by atoms with van der Waals surface area (Å²) in [7, 11) is 0. The number of amides is 2. The van der Waals surface area contributed by atoms with E-state index in [4.69, 9.17) is 11.5 Å². The maximum Gasteiger partial charge on any atom is 0.246 e. The Balaban J connectivity index is 1.75. The summed E-state index contributed by atoms with van der Waals surface area (Å²) >= 11 is 2.71. The van der Waals surface area contributed by atoms with Crippen LogP contribution in [0.2, 0.25) is 0 Å². The second-order valence-corrected chi connectivity index (χ2v) is 10.5. The van der Waals surface area contributed by atoms with Crippen LogP contribution in [0.15, 0.2) is 0 Å². The van der Waals surface area contributed by atoms with Gasteiger partial charge in [-0.25, -0.2) is 0 Å². The van der Waals surface area contributed by atoms with Gasteiger partial charge in [-0.3, -0.25) is 20.2 Å². The largest absolute Gasteiger partial charge is 0.320 e. The molecule has 10 nitrogen and oxygen atoms in total. The zero-order valence-electron chi connectivity index (χ0n) is 18.6. The lowest BCUT2D eigenvalue weighted by Gasteiger charge is -2.26. The summed E-state index contributed by atoms with van der Waals surface area (Å²) in [5, 5.41) is 24.4. The Bertz CT molecular complexity index is 878. The van der Waals surface area contributed by atoms with Crippen LogP contribution in [0.1, 0.15) is 57.5 Å². The number of rotatable bonds is 11. The third-order valence-corrected chi connectivity index (χ3v) is 6.92. The second-order valence-electron chi connectivity index (χ2n) is 8.36. The maximum absolute atomic E-state index is 12.3. The topological polar surface area (TPSA) is 162 Å². The Morgan fingerprint density at radius 1 is 0.935 bits per heavy atom. The molecule has 6 N–H and O–H groups in total.